The van der Waals surface area contributed by atoms with Crippen molar-refractivity contribution in [2.75, 3.05) is 33.4 Å². The Balaban J connectivity index is 1.47. The fourth-order valence-corrected chi connectivity index (χ4v) is 5.74. The Kier molecular flexibility index (Phi) is 5.60. The first kappa shape index (κ1) is 20.0. The van der Waals surface area contributed by atoms with Crippen LogP contribution in [0.25, 0.3) is 0 Å². The van der Waals surface area contributed by atoms with Crippen molar-refractivity contribution in [3.63, 3.8) is 0 Å². The van der Waals surface area contributed by atoms with Gasteiger partial charge in [0, 0.05) is 61.2 Å². The Hall–Kier alpha value is -1.30. The maximum atomic E-state index is 6.58. The molecular weight excluding hydrogens is 374 g/mol. The first-order valence-corrected chi connectivity index (χ1v) is 10.8. The summed E-state index contributed by atoms with van der Waals surface area (Å²) in [6.45, 7) is 7.75. The molecule has 1 aromatic rings. The zero-order chi connectivity index (χ0) is 19.8. The molecule has 2 aliphatic heterocycles. The number of benzene rings is 1. The zero-order valence-electron chi connectivity index (χ0n) is 17.1. The maximum Gasteiger partial charge on any atom is 0.191 e. The molecule has 28 heavy (non-hydrogen) atoms. The highest BCUT2D eigenvalue weighted by Crippen LogP contribution is 2.52. The molecule has 1 aromatic carbocycles. The van der Waals surface area contributed by atoms with Crippen molar-refractivity contribution < 1.29 is 9.47 Å². The summed E-state index contributed by atoms with van der Waals surface area (Å²) in [4.78, 5) is 4.51. The van der Waals surface area contributed by atoms with E-state index in [0.29, 0.717) is 18.1 Å². The van der Waals surface area contributed by atoms with Crippen LogP contribution < -0.4 is 10.6 Å². The first-order chi connectivity index (χ1) is 13.5. The molecule has 2 heterocycles. The van der Waals surface area contributed by atoms with Gasteiger partial charge in [-0.05, 0) is 30.9 Å². The highest BCUT2D eigenvalue weighted by molar-refractivity contribution is 6.31. The van der Waals surface area contributed by atoms with Gasteiger partial charge in [0.15, 0.2) is 5.96 Å². The number of nitrogens with one attached hydrogen (secondary N) is 2. The van der Waals surface area contributed by atoms with Crippen LogP contribution in [0.3, 0.4) is 0 Å². The van der Waals surface area contributed by atoms with Crippen molar-refractivity contribution in [2.45, 2.75) is 50.7 Å². The highest BCUT2D eigenvalue weighted by Gasteiger charge is 2.59. The number of guanidine groups is 1. The van der Waals surface area contributed by atoms with Gasteiger partial charge >= 0.3 is 0 Å². The van der Waals surface area contributed by atoms with E-state index in [-0.39, 0.29) is 10.8 Å². The van der Waals surface area contributed by atoms with Gasteiger partial charge < -0.3 is 20.1 Å². The molecule has 0 radical (unpaired) electrons. The van der Waals surface area contributed by atoms with Crippen LogP contribution in [0.15, 0.2) is 29.3 Å². The van der Waals surface area contributed by atoms with Gasteiger partial charge in [0.25, 0.3) is 0 Å². The average molecular weight is 406 g/mol. The molecule has 0 amide bonds. The second-order valence-corrected chi connectivity index (χ2v) is 9.39. The number of rotatable bonds is 4. The van der Waals surface area contributed by atoms with Crippen LogP contribution in [-0.2, 0) is 14.9 Å². The molecule has 0 bridgehead atoms. The number of hydrogen-bond acceptors (Lipinski definition) is 3. The molecule has 0 spiro atoms. The SMILES string of the molecule is CN=C(NCC1(c2ccccc2Cl)CCOCC1)NC1C2CCOC2C1(C)C. The number of halogens is 1. The minimum Gasteiger partial charge on any atom is -0.381 e. The third-order valence-corrected chi connectivity index (χ3v) is 7.44. The smallest absolute Gasteiger partial charge is 0.191 e. The lowest BCUT2D eigenvalue weighted by Crippen LogP contribution is -2.68. The van der Waals surface area contributed by atoms with Crippen molar-refractivity contribution in [1.82, 2.24) is 10.6 Å². The van der Waals surface area contributed by atoms with Crippen molar-refractivity contribution in [3.8, 4) is 0 Å². The second kappa shape index (κ2) is 7.85. The molecular formula is C22H32ClN3O2. The lowest BCUT2D eigenvalue weighted by Gasteiger charge is -2.55. The Morgan fingerprint density at radius 1 is 1.21 bits per heavy atom. The van der Waals surface area contributed by atoms with E-state index in [2.05, 4.69) is 41.6 Å². The Morgan fingerprint density at radius 2 is 1.96 bits per heavy atom. The van der Waals surface area contributed by atoms with Gasteiger partial charge in [-0.15, -0.1) is 0 Å². The standard InChI is InChI=1S/C22H32ClN3O2/c1-21(2)18(15-8-11-28-19(15)21)26-20(24-3)25-14-22(9-12-27-13-10-22)16-6-4-5-7-17(16)23/h4-7,15,18-19H,8-14H2,1-3H3,(H2,24,25,26). The third-order valence-electron chi connectivity index (χ3n) is 7.11. The quantitative estimate of drug-likeness (QED) is 0.595. The molecule has 5 nitrogen and oxygen atoms in total. The molecule has 3 fully saturated rings. The van der Waals surface area contributed by atoms with Crippen molar-refractivity contribution in [2.24, 2.45) is 16.3 Å². The van der Waals surface area contributed by atoms with Crippen molar-refractivity contribution in [1.29, 1.82) is 0 Å². The fraction of sp³-hybridized carbons (Fsp3) is 0.682. The van der Waals surface area contributed by atoms with Crippen LogP contribution in [0.2, 0.25) is 5.02 Å². The van der Waals surface area contributed by atoms with Gasteiger partial charge in [0.1, 0.15) is 0 Å². The fourth-order valence-electron chi connectivity index (χ4n) is 5.41. The molecule has 3 aliphatic rings. The molecule has 3 unspecified atom stereocenters. The van der Waals surface area contributed by atoms with E-state index in [1.165, 1.54) is 5.56 Å². The number of ether oxygens (including phenoxy) is 2. The summed E-state index contributed by atoms with van der Waals surface area (Å²) in [6.07, 6.45) is 3.40. The summed E-state index contributed by atoms with van der Waals surface area (Å²) in [5, 5.41) is 8.12. The van der Waals surface area contributed by atoms with E-state index in [0.717, 1.165) is 56.6 Å². The summed E-state index contributed by atoms with van der Waals surface area (Å²) < 4.78 is 11.6. The van der Waals surface area contributed by atoms with Crippen LogP contribution in [-0.4, -0.2) is 51.5 Å². The Labute approximate surface area is 173 Å². The molecule has 1 aliphatic carbocycles. The van der Waals surface area contributed by atoms with Crippen molar-refractivity contribution >= 4 is 17.6 Å². The molecule has 4 rings (SSSR count). The van der Waals surface area contributed by atoms with Crippen LogP contribution >= 0.6 is 11.6 Å². The van der Waals surface area contributed by atoms with Crippen LogP contribution in [0, 0.1) is 11.3 Å². The molecule has 6 heteroatoms. The van der Waals surface area contributed by atoms with Gasteiger partial charge in [-0.25, -0.2) is 0 Å². The van der Waals surface area contributed by atoms with E-state index in [1.54, 1.807) is 0 Å². The van der Waals surface area contributed by atoms with Crippen LogP contribution in [0.5, 0.6) is 0 Å². The normalized spacial score (nSPS) is 31.0. The number of hydrogen-bond donors (Lipinski definition) is 2. The summed E-state index contributed by atoms with van der Waals surface area (Å²) in [6, 6.07) is 8.59. The van der Waals surface area contributed by atoms with Crippen LogP contribution in [0.4, 0.5) is 0 Å². The van der Waals surface area contributed by atoms with Crippen molar-refractivity contribution in [3.05, 3.63) is 34.9 Å². The molecule has 2 saturated heterocycles. The predicted octanol–water partition coefficient (Wildman–Crippen LogP) is 3.37. The van der Waals surface area contributed by atoms with Gasteiger partial charge in [0.05, 0.1) is 6.10 Å². The molecule has 154 valence electrons. The number of aliphatic imine (C=N–C) groups is 1. The lowest BCUT2D eigenvalue weighted by atomic mass is 9.57. The molecule has 3 atom stereocenters. The summed E-state index contributed by atoms with van der Waals surface area (Å²) in [5.41, 5.74) is 1.29. The van der Waals surface area contributed by atoms with Gasteiger partial charge in [-0.3, -0.25) is 4.99 Å². The summed E-state index contributed by atoms with van der Waals surface area (Å²) in [7, 11) is 1.84. The van der Waals surface area contributed by atoms with E-state index in [4.69, 9.17) is 21.1 Å². The molecule has 0 aromatic heterocycles. The van der Waals surface area contributed by atoms with Gasteiger partial charge in [-0.1, -0.05) is 43.6 Å². The Bertz CT molecular complexity index is 730. The zero-order valence-corrected chi connectivity index (χ0v) is 17.9. The summed E-state index contributed by atoms with van der Waals surface area (Å²) >= 11 is 6.58. The topological polar surface area (TPSA) is 54.9 Å². The molecule has 2 N–H and O–H groups in total. The van der Waals surface area contributed by atoms with E-state index in [1.807, 2.05) is 19.2 Å². The predicted molar refractivity (Wildman–Crippen MR) is 113 cm³/mol. The Morgan fingerprint density at radius 3 is 2.68 bits per heavy atom. The van der Waals surface area contributed by atoms with Gasteiger partial charge in [0.2, 0.25) is 0 Å². The monoisotopic (exact) mass is 405 g/mol. The first-order valence-electron chi connectivity index (χ1n) is 10.4. The maximum absolute atomic E-state index is 6.58. The average Bonchev–Trinajstić information content (AvgIpc) is 3.16. The minimum absolute atomic E-state index is 0.0393. The van der Waals surface area contributed by atoms with E-state index in [9.17, 15) is 0 Å². The summed E-state index contributed by atoms with van der Waals surface area (Å²) in [5.74, 6) is 1.44. The van der Waals surface area contributed by atoms with Crippen LogP contribution in [0.1, 0.15) is 38.7 Å². The minimum atomic E-state index is -0.0393. The largest absolute Gasteiger partial charge is 0.381 e. The van der Waals surface area contributed by atoms with Gasteiger partial charge in [-0.2, -0.15) is 0 Å². The lowest BCUT2D eigenvalue weighted by molar-refractivity contribution is -0.106. The highest BCUT2D eigenvalue weighted by atomic mass is 35.5. The number of fused-ring (bicyclic) bond motifs is 1. The van der Waals surface area contributed by atoms with E-state index >= 15 is 0 Å². The molecule has 1 saturated carbocycles. The third kappa shape index (κ3) is 3.42. The number of nitrogens with zero attached hydrogens (tertiary/aromatic N) is 1. The van der Waals surface area contributed by atoms with E-state index < -0.39 is 0 Å². The second-order valence-electron chi connectivity index (χ2n) is 8.99.